The Hall–Kier alpha value is -0.120. The van der Waals surface area contributed by atoms with Crippen molar-refractivity contribution < 1.29 is 4.74 Å². The first kappa shape index (κ1) is 7.30. The number of ether oxygens (including phenoxy) is 1. The monoisotopic (exact) mass is 168 g/mol. The van der Waals surface area contributed by atoms with E-state index in [9.17, 15) is 0 Å². The van der Waals surface area contributed by atoms with Gasteiger partial charge in [0.1, 0.15) is 0 Å². The number of rotatable bonds is 0. The molecule has 0 amide bonds. The molecule has 12 heavy (non-hydrogen) atoms. The van der Waals surface area contributed by atoms with Crippen LogP contribution in [0.4, 0.5) is 0 Å². The molecule has 2 bridgehead atoms. The van der Waals surface area contributed by atoms with Crippen molar-refractivity contribution in [2.75, 3.05) is 39.3 Å². The van der Waals surface area contributed by atoms with Gasteiger partial charge in [-0.3, -0.25) is 0 Å². The Morgan fingerprint density at radius 2 is 2.50 bits per heavy atom. The molecule has 68 valence electrons. The Kier molecular flexibility index (Phi) is 1.48. The second-order valence-electron chi connectivity index (χ2n) is 4.31. The second kappa shape index (κ2) is 2.44. The lowest BCUT2D eigenvalue weighted by Gasteiger charge is -2.40. The zero-order chi connectivity index (χ0) is 8.02. The van der Waals surface area contributed by atoms with Crippen molar-refractivity contribution >= 4 is 0 Å². The summed E-state index contributed by atoms with van der Waals surface area (Å²) >= 11 is 0. The summed E-state index contributed by atoms with van der Waals surface area (Å²) in [7, 11) is 0. The molecular weight excluding hydrogens is 152 g/mol. The third-order valence-corrected chi connectivity index (χ3v) is 3.60. The van der Waals surface area contributed by atoms with Gasteiger partial charge in [0.15, 0.2) is 0 Å². The van der Waals surface area contributed by atoms with Gasteiger partial charge in [0.05, 0.1) is 12.2 Å². The summed E-state index contributed by atoms with van der Waals surface area (Å²) in [5.41, 5.74) is 0.205. The van der Waals surface area contributed by atoms with Crippen molar-refractivity contribution in [3.8, 4) is 0 Å². The highest BCUT2D eigenvalue weighted by Gasteiger charge is 2.51. The van der Waals surface area contributed by atoms with Crippen molar-refractivity contribution in [3.05, 3.63) is 0 Å². The molecule has 0 aromatic rings. The molecule has 0 saturated carbocycles. The maximum Gasteiger partial charge on any atom is 0.0973 e. The molecule has 3 heterocycles. The summed E-state index contributed by atoms with van der Waals surface area (Å²) in [6.45, 7) is 6.77. The van der Waals surface area contributed by atoms with Crippen molar-refractivity contribution in [2.45, 2.75) is 12.0 Å². The Bertz CT molecular complexity index is 189. The van der Waals surface area contributed by atoms with E-state index in [1.807, 2.05) is 0 Å². The average molecular weight is 168 g/mol. The van der Waals surface area contributed by atoms with E-state index >= 15 is 0 Å². The van der Waals surface area contributed by atoms with Crippen LogP contribution in [0.3, 0.4) is 0 Å². The number of morpholine rings is 1. The molecule has 0 aliphatic carbocycles. The third-order valence-electron chi connectivity index (χ3n) is 3.60. The quantitative estimate of drug-likeness (QED) is 0.536. The van der Waals surface area contributed by atoms with Crippen molar-refractivity contribution in [1.82, 2.24) is 10.2 Å². The molecule has 3 heteroatoms. The number of piperidine rings is 1. The Balaban J connectivity index is 1.81. The van der Waals surface area contributed by atoms with E-state index in [1.54, 1.807) is 0 Å². The molecule has 3 rings (SSSR count). The van der Waals surface area contributed by atoms with Crippen LogP contribution in [0.15, 0.2) is 0 Å². The molecule has 3 aliphatic rings. The second-order valence-corrected chi connectivity index (χ2v) is 4.31. The lowest BCUT2D eigenvalue weighted by molar-refractivity contribution is -0.0931. The Labute approximate surface area is 73.1 Å². The van der Waals surface area contributed by atoms with Crippen molar-refractivity contribution in [1.29, 1.82) is 0 Å². The van der Waals surface area contributed by atoms with Gasteiger partial charge in [-0.25, -0.2) is 0 Å². The highest BCUT2D eigenvalue weighted by atomic mass is 16.5. The van der Waals surface area contributed by atoms with E-state index in [-0.39, 0.29) is 5.60 Å². The Morgan fingerprint density at radius 1 is 1.50 bits per heavy atom. The minimum atomic E-state index is 0.205. The molecule has 1 N–H and O–H groups in total. The van der Waals surface area contributed by atoms with Crippen LogP contribution >= 0.6 is 0 Å². The minimum Gasteiger partial charge on any atom is -0.371 e. The summed E-state index contributed by atoms with van der Waals surface area (Å²) in [5, 5.41) is 3.45. The van der Waals surface area contributed by atoms with Gasteiger partial charge in [-0.1, -0.05) is 0 Å². The van der Waals surface area contributed by atoms with Crippen LogP contribution in [0, 0.1) is 5.92 Å². The number of fused-ring (bicyclic) bond motifs is 3. The van der Waals surface area contributed by atoms with Crippen molar-refractivity contribution in [2.24, 2.45) is 5.92 Å². The van der Waals surface area contributed by atoms with Gasteiger partial charge in [-0.15, -0.1) is 0 Å². The third kappa shape index (κ3) is 0.873. The first-order valence-electron chi connectivity index (χ1n) is 4.96. The van der Waals surface area contributed by atoms with Crippen molar-refractivity contribution in [3.63, 3.8) is 0 Å². The van der Waals surface area contributed by atoms with E-state index < -0.39 is 0 Å². The number of nitrogens with zero attached hydrogens (tertiary/aromatic N) is 1. The van der Waals surface area contributed by atoms with Crippen LogP contribution in [0.1, 0.15) is 6.42 Å². The number of hydrogen-bond acceptors (Lipinski definition) is 3. The summed E-state index contributed by atoms with van der Waals surface area (Å²) in [6, 6.07) is 0. The van der Waals surface area contributed by atoms with E-state index in [4.69, 9.17) is 4.74 Å². The number of nitrogens with one attached hydrogen (secondary N) is 1. The molecule has 3 unspecified atom stereocenters. The van der Waals surface area contributed by atoms with Crippen LogP contribution in [-0.4, -0.2) is 49.8 Å². The maximum absolute atomic E-state index is 5.96. The smallest absolute Gasteiger partial charge is 0.0973 e. The normalized spacial score (nSPS) is 52.0. The molecular formula is C9H16N2O. The predicted octanol–water partition coefficient (Wildman–Crippen LogP) is -0.319. The molecule has 3 atom stereocenters. The molecule has 1 spiro atoms. The zero-order valence-electron chi connectivity index (χ0n) is 7.38. The van der Waals surface area contributed by atoms with E-state index in [2.05, 4.69) is 10.2 Å². The molecule has 0 aromatic heterocycles. The van der Waals surface area contributed by atoms with Crippen LogP contribution < -0.4 is 5.32 Å². The molecule has 3 nitrogen and oxygen atoms in total. The Morgan fingerprint density at radius 3 is 3.08 bits per heavy atom. The standard InChI is InChI=1S/C9H16N2O/c1-3-11-5-8(1)9(7-11)6-10-2-4-12-9/h8,10H,1-7H2. The predicted molar refractivity (Wildman–Crippen MR) is 46.1 cm³/mol. The van der Waals surface area contributed by atoms with Gasteiger partial charge in [-0.05, 0) is 13.0 Å². The zero-order valence-corrected chi connectivity index (χ0v) is 7.38. The first-order chi connectivity index (χ1) is 5.89. The maximum atomic E-state index is 5.96. The molecule has 3 aliphatic heterocycles. The van der Waals surface area contributed by atoms with E-state index in [0.29, 0.717) is 0 Å². The van der Waals surface area contributed by atoms with E-state index in [1.165, 1.54) is 26.1 Å². The van der Waals surface area contributed by atoms with Gasteiger partial charge in [0.2, 0.25) is 0 Å². The summed E-state index contributed by atoms with van der Waals surface area (Å²) in [5.74, 6) is 0.810. The highest BCUT2D eigenvalue weighted by molar-refractivity contribution is 5.05. The molecule has 0 radical (unpaired) electrons. The van der Waals surface area contributed by atoms with Gasteiger partial charge >= 0.3 is 0 Å². The molecule has 3 saturated heterocycles. The van der Waals surface area contributed by atoms with Crippen LogP contribution in [-0.2, 0) is 4.74 Å². The summed E-state index contributed by atoms with van der Waals surface area (Å²) in [6.07, 6.45) is 1.35. The fraction of sp³-hybridized carbons (Fsp3) is 1.00. The SMILES string of the molecule is C1COC2(CN1)CN1CCC2C1. The van der Waals surface area contributed by atoms with Gasteiger partial charge in [0.25, 0.3) is 0 Å². The van der Waals surface area contributed by atoms with Gasteiger partial charge in [0, 0.05) is 32.1 Å². The van der Waals surface area contributed by atoms with E-state index in [0.717, 1.165) is 25.6 Å². The van der Waals surface area contributed by atoms with Crippen LogP contribution in [0.5, 0.6) is 0 Å². The lowest BCUT2D eigenvalue weighted by atomic mass is 9.86. The van der Waals surface area contributed by atoms with Gasteiger partial charge in [-0.2, -0.15) is 0 Å². The minimum absolute atomic E-state index is 0.205. The van der Waals surface area contributed by atoms with Crippen LogP contribution in [0.2, 0.25) is 0 Å². The topological polar surface area (TPSA) is 24.5 Å². The highest BCUT2D eigenvalue weighted by Crippen LogP contribution is 2.39. The molecule has 3 fully saturated rings. The fourth-order valence-electron chi connectivity index (χ4n) is 2.95. The molecule has 0 aromatic carbocycles. The first-order valence-corrected chi connectivity index (χ1v) is 4.96. The fourth-order valence-corrected chi connectivity index (χ4v) is 2.95. The summed E-state index contributed by atoms with van der Waals surface area (Å²) in [4.78, 5) is 2.54. The largest absolute Gasteiger partial charge is 0.371 e. The van der Waals surface area contributed by atoms with Gasteiger partial charge < -0.3 is 15.0 Å². The average Bonchev–Trinajstić information content (AvgIpc) is 2.65. The summed E-state index contributed by atoms with van der Waals surface area (Å²) < 4.78 is 5.96. The lowest BCUT2D eigenvalue weighted by Crippen LogP contribution is -2.56. The van der Waals surface area contributed by atoms with Crippen LogP contribution in [0.25, 0.3) is 0 Å². The number of hydrogen-bond donors (Lipinski definition) is 1.